The lowest BCUT2D eigenvalue weighted by Crippen LogP contribution is -2.26. The molecular weight excluding hydrogens is 548 g/mol. The van der Waals surface area contributed by atoms with Crippen molar-refractivity contribution < 1.29 is 41.0 Å². The molecule has 0 unspecified atom stereocenters. The summed E-state index contributed by atoms with van der Waals surface area (Å²) in [5.41, 5.74) is -2.20. The van der Waals surface area contributed by atoms with E-state index in [0.29, 0.717) is 28.9 Å². The van der Waals surface area contributed by atoms with Gasteiger partial charge in [0.2, 0.25) is 0 Å². The number of hydrogen-bond acceptors (Lipinski definition) is 2. The van der Waals surface area contributed by atoms with Crippen molar-refractivity contribution in [1.29, 1.82) is 0 Å². The maximum absolute atomic E-state index is 14.0. The summed E-state index contributed by atoms with van der Waals surface area (Å²) in [6, 6.07) is 21.4. The first-order chi connectivity index (χ1) is 19.3. The number of alkyl halides is 6. The van der Waals surface area contributed by atoms with Gasteiger partial charge in [-0.15, -0.1) is 0 Å². The number of fused-ring (bicyclic) bond motifs is 1. The molecule has 5 rings (SSSR count). The third kappa shape index (κ3) is 5.45. The molecular formula is C31H19F6NO3. The van der Waals surface area contributed by atoms with Crippen LogP contribution < -0.4 is 4.90 Å². The molecule has 4 nitrogen and oxygen atoms in total. The Morgan fingerprint density at radius 1 is 0.683 bits per heavy atom. The van der Waals surface area contributed by atoms with Gasteiger partial charge in [0.1, 0.15) is 0 Å². The second-order valence-corrected chi connectivity index (χ2v) is 9.32. The molecule has 0 fully saturated rings. The first-order valence-electron chi connectivity index (χ1n) is 12.2. The molecule has 4 aromatic rings. The predicted octanol–water partition coefficient (Wildman–Crippen LogP) is 7.93. The fourth-order valence-corrected chi connectivity index (χ4v) is 4.82. The number of carbonyl (C=O) groups is 2. The summed E-state index contributed by atoms with van der Waals surface area (Å²) in [6.07, 6.45) is -10.2. The molecule has 1 aliphatic rings. The molecule has 10 heteroatoms. The van der Waals surface area contributed by atoms with Gasteiger partial charge in [-0.3, -0.25) is 4.79 Å². The van der Waals surface area contributed by atoms with Gasteiger partial charge in [-0.1, -0.05) is 60.7 Å². The summed E-state index contributed by atoms with van der Waals surface area (Å²) in [7, 11) is 0. The number of benzene rings is 4. The molecule has 208 valence electrons. The zero-order chi connectivity index (χ0) is 29.5. The van der Waals surface area contributed by atoms with Crippen LogP contribution in [0.25, 0.3) is 11.1 Å². The Morgan fingerprint density at radius 2 is 1.27 bits per heavy atom. The zero-order valence-corrected chi connectivity index (χ0v) is 20.9. The number of anilines is 1. The molecule has 1 aliphatic heterocycles. The van der Waals surface area contributed by atoms with Crippen molar-refractivity contribution in [3.8, 4) is 0 Å². The van der Waals surface area contributed by atoms with Crippen LogP contribution in [0.2, 0.25) is 0 Å². The maximum Gasteiger partial charge on any atom is 0.416 e. The summed E-state index contributed by atoms with van der Waals surface area (Å²) < 4.78 is 82.7. The van der Waals surface area contributed by atoms with Crippen LogP contribution in [0, 0.1) is 0 Å². The highest BCUT2D eigenvalue weighted by atomic mass is 19.4. The number of aromatic carboxylic acids is 1. The second kappa shape index (κ2) is 10.3. The fourth-order valence-electron chi connectivity index (χ4n) is 4.82. The van der Waals surface area contributed by atoms with Gasteiger partial charge in [0.05, 0.1) is 34.5 Å². The Kier molecular flexibility index (Phi) is 6.94. The van der Waals surface area contributed by atoms with E-state index in [9.17, 15) is 41.0 Å². The van der Waals surface area contributed by atoms with E-state index >= 15 is 0 Å². The zero-order valence-electron chi connectivity index (χ0n) is 20.9. The average molecular weight is 567 g/mol. The van der Waals surface area contributed by atoms with E-state index in [1.54, 1.807) is 48.5 Å². The summed E-state index contributed by atoms with van der Waals surface area (Å²) in [6.45, 7) is -0.0844. The highest BCUT2D eigenvalue weighted by Gasteiger charge is 2.39. The van der Waals surface area contributed by atoms with Crippen LogP contribution in [0.4, 0.5) is 32.0 Å². The van der Waals surface area contributed by atoms with Crippen LogP contribution in [-0.4, -0.2) is 17.0 Å². The lowest BCUT2D eigenvalue weighted by atomic mass is 9.88. The van der Waals surface area contributed by atoms with E-state index in [0.717, 1.165) is 0 Å². The minimum Gasteiger partial charge on any atom is -0.478 e. The number of carbonyl (C=O) groups excluding carboxylic acids is 1. The molecule has 1 amide bonds. The van der Waals surface area contributed by atoms with E-state index in [-0.39, 0.29) is 34.9 Å². The van der Waals surface area contributed by atoms with Gasteiger partial charge in [0, 0.05) is 11.1 Å². The number of para-hydroxylation sites is 1. The Labute approximate surface area is 229 Å². The number of rotatable bonds is 5. The van der Waals surface area contributed by atoms with Crippen LogP contribution in [0.15, 0.2) is 97.1 Å². The molecule has 0 saturated heterocycles. The first kappa shape index (κ1) is 27.7. The van der Waals surface area contributed by atoms with Gasteiger partial charge in [0.25, 0.3) is 5.91 Å². The Balaban J connectivity index is 1.77. The molecule has 0 aliphatic carbocycles. The van der Waals surface area contributed by atoms with Crippen LogP contribution in [0.3, 0.4) is 0 Å². The van der Waals surface area contributed by atoms with Crippen LogP contribution in [0.1, 0.15) is 43.7 Å². The first-order valence-corrected chi connectivity index (χ1v) is 12.2. The molecule has 1 N–H and O–H groups in total. The van der Waals surface area contributed by atoms with Gasteiger partial charge < -0.3 is 10.0 Å². The molecule has 0 aromatic heterocycles. The third-order valence-corrected chi connectivity index (χ3v) is 6.63. The highest BCUT2D eigenvalue weighted by Crippen LogP contribution is 2.45. The van der Waals surface area contributed by atoms with Crippen molar-refractivity contribution >= 4 is 28.7 Å². The highest BCUT2D eigenvalue weighted by molar-refractivity contribution is 6.38. The van der Waals surface area contributed by atoms with E-state index in [4.69, 9.17) is 0 Å². The van der Waals surface area contributed by atoms with Crippen molar-refractivity contribution in [2.24, 2.45) is 0 Å². The van der Waals surface area contributed by atoms with Gasteiger partial charge in [-0.25, -0.2) is 4.79 Å². The van der Waals surface area contributed by atoms with Crippen molar-refractivity contribution in [3.63, 3.8) is 0 Å². The molecule has 0 bridgehead atoms. The summed E-state index contributed by atoms with van der Waals surface area (Å²) in [4.78, 5) is 26.8. The van der Waals surface area contributed by atoms with Crippen molar-refractivity contribution in [2.45, 2.75) is 18.9 Å². The number of carboxylic acids is 1. The van der Waals surface area contributed by atoms with Gasteiger partial charge in [-0.05, 0) is 53.1 Å². The summed E-state index contributed by atoms with van der Waals surface area (Å²) >= 11 is 0. The van der Waals surface area contributed by atoms with Crippen LogP contribution >= 0.6 is 0 Å². The smallest absolute Gasteiger partial charge is 0.416 e. The quantitative estimate of drug-likeness (QED) is 0.197. The minimum absolute atomic E-state index is 0.00758. The summed E-state index contributed by atoms with van der Waals surface area (Å²) in [5.74, 6) is -1.83. The fraction of sp³-hybridized carbons (Fsp3) is 0.0968. The van der Waals surface area contributed by atoms with E-state index < -0.39 is 40.9 Å². The average Bonchev–Trinajstić information content (AvgIpc) is 3.19. The van der Waals surface area contributed by atoms with Crippen molar-refractivity contribution in [1.82, 2.24) is 0 Å². The largest absolute Gasteiger partial charge is 0.478 e. The molecule has 41 heavy (non-hydrogen) atoms. The topological polar surface area (TPSA) is 57.6 Å². The number of hydrogen-bond donors (Lipinski definition) is 1. The maximum atomic E-state index is 14.0. The Hall–Kier alpha value is -4.86. The lowest BCUT2D eigenvalue weighted by molar-refractivity contribution is -0.143. The number of amides is 1. The second-order valence-electron chi connectivity index (χ2n) is 9.32. The molecule has 0 atom stereocenters. The van der Waals surface area contributed by atoms with Crippen molar-refractivity contribution in [3.05, 3.63) is 136 Å². The van der Waals surface area contributed by atoms with E-state index in [2.05, 4.69) is 0 Å². The number of carboxylic acid groups (broad SMARTS) is 1. The molecule has 1 heterocycles. The van der Waals surface area contributed by atoms with E-state index in [1.807, 2.05) is 0 Å². The monoisotopic (exact) mass is 567 g/mol. The van der Waals surface area contributed by atoms with Gasteiger partial charge in [-0.2, -0.15) is 26.3 Å². The normalized spacial score (nSPS) is 14.7. The number of halogens is 6. The van der Waals surface area contributed by atoms with Gasteiger partial charge >= 0.3 is 18.3 Å². The van der Waals surface area contributed by atoms with Crippen molar-refractivity contribution in [2.75, 3.05) is 4.90 Å². The molecule has 4 aromatic carbocycles. The third-order valence-electron chi connectivity index (χ3n) is 6.63. The van der Waals surface area contributed by atoms with Gasteiger partial charge in [0.15, 0.2) is 0 Å². The summed E-state index contributed by atoms with van der Waals surface area (Å²) in [5, 5.41) is 9.36. The Bertz CT molecular complexity index is 1660. The van der Waals surface area contributed by atoms with E-state index in [1.165, 1.54) is 35.2 Å². The standard InChI is InChI=1S/C31H19F6NO3/c32-30(33,34)22-14-21(15-23(16-22)31(35,36)37)26(19-8-2-1-3-9-19)27-24-11-4-5-12-25(24)38(28(27)39)17-18-7-6-10-20(13-18)29(40)41/h1-16H,17H2,(H,40,41). The molecule has 0 radical (unpaired) electrons. The lowest BCUT2D eigenvalue weighted by Gasteiger charge is -2.19. The molecule has 0 spiro atoms. The number of nitrogens with zero attached hydrogens (tertiary/aromatic N) is 1. The molecule has 0 saturated carbocycles. The Morgan fingerprint density at radius 3 is 1.88 bits per heavy atom. The minimum atomic E-state index is -5.08. The predicted molar refractivity (Wildman–Crippen MR) is 140 cm³/mol. The SMILES string of the molecule is O=C(O)c1cccc(CN2C(=O)C(=C(c3ccccc3)c3cc(C(F)(F)F)cc(C(F)(F)F)c3)c3ccccc32)c1. The van der Waals surface area contributed by atoms with Crippen LogP contribution in [-0.2, 0) is 23.7 Å². The van der Waals surface area contributed by atoms with Crippen LogP contribution in [0.5, 0.6) is 0 Å².